The van der Waals surface area contributed by atoms with E-state index >= 15 is 0 Å². The number of benzene rings is 3. The van der Waals surface area contributed by atoms with Crippen LogP contribution in [0.4, 0.5) is 17.1 Å². The molecule has 1 saturated carbocycles. The van der Waals surface area contributed by atoms with E-state index in [1.54, 1.807) is 37.4 Å². The summed E-state index contributed by atoms with van der Waals surface area (Å²) in [5.74, 6) is 0.758. The van der Waals surface area contributed by atoms with Crippen LogP contribution in [0.15, 0.2) is 71.6 Å². The Labute approximate surface area is 210 Å². The van der Waals surface area contributed by atoms with Gasteiger partial charge in [-0.1, -0.05) is 36.4 Å². The number of alkyl halides is 1. The van der Waals surface area contributed by atoms with E-state index < -0.39 is 4.92 Å². The van der Waals surface area contributed by atoms with Crippen molar-refractivity contribution in [2.45, 2.75) is 33.9 Å². The second-order valence-corrected chi connectivity index (χ2v) is 10.4. The molecule has 5 atom stereocenters. The zero-order valence-electron chi connectivity index (χ0n) is 18.7. The molecule has 0 amide bonds. The van der Waals surface area contributed by atoms with Crippen molar-refractivity contribution in [1.82, 2.24) is 0 Å². The van der Waals surface area contributed by atoms with E-state index in [4.69, 9.17) is 16.3 Å². The molecule has 1 N–H and O–H groups in total. The minimum atomic E-state index is -0.414. The number of non-ortho nitro benzene ring substituents is 1. The number of methoxy groups -OCH3 is 1. The Morgan fingerprint density at radius 2 is 1.74 bits per heavy atom. The minimum Gasteiger partial charge on any atom is -0.495 e. The van der Waals surface area contributed by atoms with Crippen LogP contribution >= 0.6 is 23.4 Å². The Bertz CT molecular complexity index is 1290. The summed E-state index contributed by atoms with van der Waals surface area (Å²) in [6.07, 6.45) is 0.723. The molecular weight excluding hydrogens is 490 g/mol. The lowest BCUT2D eigenvalue weighted by molar-refractivity contribution is -0.387. The highest BCUT2D eigenvalue weighted by molar-refractivity contribution is 8.00. The number of nitro groups is 2. The molecule has 3 aromatic rings. The lowest BCUT2D eigenvalue weighted by Crippen LogP contribution is -2.31. The summed E-state index contributed by atoms with van der Waals surface area (Å²) < 4.78 is 5.62. The number of nitrogens with zero attached hydrogens (tertiary/aromatic N) is 2. The Balaban J connectivity index is 1.54. The van der Waals surface area contributed by atoms with Gasteiger partial charge in [0.2, 0.25) is 0 Å². The maximum Gasteiger partial charge on any atom is 0.282 e. The number of nitro benzene ring substituents is 2. The molecule has 1 aliphatic heterocycles. The standard InChI is InChI=1S/C25H22ClN3O5S/c1-34-19-7-4-5-16-22-17(24(27-25(16)19)14-9-11-15(12-10-14)28(30)31)13-21(23(22)26)35-20-8-3-2-6-18(20)29(32)33/h2-12,17,21-24,27H,13H2,1H3/t17-,21+,22+,23+,24-/m0/s1. The van der Waals surface area contributed by atoms with E-state index in [1.165, 1.54) is 30.0 Å². The van der Waals surface area contributed by atoms with Crippen LogP contribution < -0.4 is 10.1 Å². The molecule has 1 heterocycles. The van der Waals surface area contributed by atoms with Gasteiger partial charge in [-0.15, -0.1) is 23.4 Å². The van der Waals surface area contributed by atoms with Gasteiger partial charge in [-0.3, -0.25) is 20.2 Å². The van der Waals surface area contributed by atoms with Gasteiger partial charge in [0.1, 0.15) is 5.75 Å². The summed E-state index contributed by atoms with van der Waals surface area (Å²) in [5, 5.41) is 26.0. The molecule has 8 nitrogen and oxygen atoms in total. The Morgan fingerprint density at radius 3 is 2.43 bits per heavy atom. The third-order valence-electron chi connectivity index (χ3n) is 6.83. The first-order valence-electron chi connectivity index (χ1n) is 11.1. The van der Waals surface area contributed by atoms with E-state index in [2.05, 4.69) is 5.32 Å². The van der Waals surface area contributed by atoms with Crippen molar-refractivity contribution in [3.05, 3.63) is 98.1 Å². The van der Waals surface area contributed by atoms with Gasteiger partial charge in [-0.05, 0) is 35.6 Å². The number of anilines is 1. The number of halogens is 1. The third kappa shape index (κ3) is 4.19. The molecule has 3 aromatic carbocycles. The van der Waals surface area contributed by atoms with Crippen molar-refractivity contribution < 1.29 is 14.6 Å². The van der Waals surface area contributed by atoms with Crippen LogP contribution in [-0.2, 0) is 0 Å². The number of hydrogen-bond acceptors (Lipinski definition) is 7. The summed E-state index contributed by atoms with van der Waals surface area (Å²) in [6.45, 7) is 0. The fraction of sp³-hybridized carbons (Fsp3) is 0.280. The van der Waals surface area contributed by atoms with Gasteiger partial charge in [-0.2, -0.15) is 0 Å². The van der Waals surface area contributed by atoms with Crippen LogP contribution in [0.3, 0.4) is 0 Å². The highest BCUT2D eigenvalue weighted by atomic mass is 35.5. The summed E-state index contributed by atoms with van der Waals surface area (Å²) >= 11 is 8.57. The SMILES string of the molecule is COc1cccc2c1N[C@@H](c1ccc([N+](=O)[O-])cc1)[C@H]1C[C@@H](Sc3ccccc3[N+](=O)[O-])[C@@H](Cl)[C@H]21. The van der Waals surface area contributed by atoms with Crippen molar-refractivity contribution in [2.24, 2.45) is 5.92 Å². The number of thioether (sulfide) groups is 1. The Hall–Kier alpha value is -3.30. The first-order valence-corrected chi connectivity index (χ1v) is 12.4. The smallest absolute Gasteiger partial charge is 0.282 e. The zero-order chi connectivity index (χ0) is 24.7. The maximum atomic E-state index is 11.6. The highest BCUT2D eigenvalue weighted by Gasteiger charge is 2.51. The molecule has 5 rings (SSSR count). The van der Waals surface area contributed by atoms with Gasteiger partial charge in [0.15, 0.2) is 0 Å². The van der Waals surface area contributed by atoms with Crippen molar-refractivity contribution in [3.63, 3.8) is 0 Å². The van der Waals surface area contributed by atoms with Crippen LogP contribution in [0.2, 0.25) is 0 Å². The van der Waals surface area contributed by atoms with Crippen molar-refractivity contribution in [3.8, 4) is 5.75 Å². The van der Waals surface area contributed by atoms with Crippen molar-refractivity contribution in [1.29, 1.82) is 0 Å². The summed E-state index contributed by atoms with van der Waals surface area (Å²) in [5.41, 5.74) is 2.94. The predicted molar refractivity (Wildman–Crippen MR) is 136 cm³/mol. The van der Waals surface area contributed by atoms with E-state index in [9.17, 15) is 20.2 Å². The molecule has 10 heteroatoms. The predicted octanol–water partition coefficient (Wildman–Crippen LogP) is 6.55. The van der Waals surface area contributed by atoms with Crippen molar-refractivity contribution >= 4 is 40.4 Å². The number of para-hydroxylation sites is 2. The first-order chi connectivity index (χ1) is 16.9. The van der Waals surface area contributed by atoms with Crippen LogP contribution in [0.1, 0.15) is 29.5 Å². The van der Waals surface area contributed by atoms with Gasteiger partial charge in [0.05, 0.1) is 39.0 Å². The average Bonchev–Trinajstić information content (AvgIpc) is 3.19. The zero-order valence-corrected chi connectivity index (χ0v) is 20.2. The molecule has 0 unspecified atom stereocenters. The number of nitrogens with one attached hydrogen (secondary N) is 1. The number of rotatable bonds is 6. The molecule has 2 aliphatic rings. The second kappa shape index (κ2) is 9.39. The van der Waals surface area contributed by atoms with Crippen LogP contribution in [0.25, 0.3) is 0 Å². The molecule has 35 heavy (non-hydrogen) atoms. The van der Waals surface area contributed by atoms with Gasteiger partial charge in [0, 0.05) is 29.4 Å². The van der Waals surface area contributed by atoms with Crippen molar-refractivity contribution in [2.75, 3.05) is 12.4 Å². The van der Waals surface area contributed by atoms with E-state index in [0.717, 1.165) is 23.2 Å². The number of fused-ring (bicyclic) bond motifs is 3. The Kier molecular flexibility index (Phi) is 6.29. The molecule has 1 fully saturated rings. The fourth-order valence-electron chi connectivity index (χ4n) is 5.29. The molecule has 0 aromatic heterocycles. The van der Waals surface area contributed by atoms with Gasteiger partial charge < -0.3 is 10.1 Å². The van der Waals surface area contributed by atoms with E-state index in [1.807, 2.05) is 18.2 Å². The summed E-state index contributed by atoms with van der Waals surface area (Å²) in [4.78, 5) is 22.5. The molecular formula is C25H22ClN3O5S. The second-order valence-electron chi connectivity index (χ2n) is 8.65. The molecule has 0 spiro atoms. The molecule has 0 bridgehead atoms. The van der Waals surface area contributed by atoms with Gasteiger partial charge in [-0.25, -0.2) is 0 Å². The van der Waals surface area contributed by atoms with Crippen LogP contribution in [-0.4, -0.2) is 27.6 Å². The van der Waals surface area contributed by atoms with Gasteiger partial charge >= 0.3 is 0 Å². The van der Waals surface area contributed by atoms with Gasteiger partial charge in [0.25, 0.3) is 11.4 Å². The van der Waals surface area contributed by atoms with Crippen LogP contribution in [0.5, 0.6) is 5.75 Å². The summed E-state index contributed by atoms with van der Waals surface area (Å²) in [6, 6.07) is 19.0. The van der Waals surface area contributed by atoms with E-state index in [-0.39, 0.29) is 44.8 Å². The lowest BCUT2D eigenvalue weighted by Gasteiger charge is -2.38. The third-order valence-corrected chi connectivity index (χ3v) is 8.95. The molecule has 0 saturated heterocycles. The first kappa shape index (κ1) is 23.4. The van der Waals surface area contributed by atoms with Crippen LogP contribution in [0, 0.1) is 26.1 Å². The monoisotopic (exact) mass is 511 g/mol. The summed E-state index contributed by atoms with van der Waals surface area (Å²) in [7, 11) is 1.62. The molecule has 1 aliphatic carbocycles. The fourth-order valence-corrected chi connectivity index (χ4v) is 7.23. The molecule has 0 radical (unpaired) electrons. The lowest BCUT2D eigenvalue weighted by atomic mass is 9.77. The topological polar surface area (TPSA) is 108 Å². The normalized spacial score (nSPS) is 24.7. The Morgan fingerprint density at radius 1 is 1.00 bits per heavy atom. The largest absolute Gasteiger partial charge is 0.495 e. The minimum absolute atomic E-state index is 0.0246. The van der Waals surface area contributed by atoms with E-state index in [0.29, 0.717) is 10.6 Å². The average molecular weight is 512 g/mol. The maximum absolute atomic E-state index is 11.6. The number of ether oxygens (including phenoxy) is 1. The highest BCUT2D eigenvalue weighted by Crippen LogP contribution is 2.59. The quantitative estimate of drug-likeness (QED) is 0.227. The number of hydrogen-bond donors (Lipinski definition) is 1. The molecule has 180 valence electrons.